The van der Waals surface area contributed by atoms with Crippen LogP contribution in [-0.2, 0) is 16.4 Å². The molecule has 1 aromatic heterocycles. The highest BCUT2D eigenvalue weighted by Gasteiger charge is 2.19. The molecule has 0 bridgehead atoms. The molecule has 0 atom stereocenters. The van der Waals surface area contributed by atoms with Gasteiger partial charge < -0.3 is 5.43 Å². The van der Waals surface area contributed by atoms with E-state index < -0.39 is 10.0 Å². The first-order valence-electron chi connectivity index (χ1n) is 6.38. The Labute approximate surface area is 128 Å². The lowest BCUT2D eigenvalue weighted by atomic mass is 10.1. The van der Waals surface area contributed by atoms with E-state index in [1.165, 1.54) is 11.3 Å². The Balaban J connectivity index is 2.15. The van der Waals surface area contributed by atoms with Gasteiger partial charge in [0.15, 0.2) is 0 Å². The Morgan fingerprint density at radius 3 is 2.48 bits per heavy atom. The Morgan fingerprint density at radius 1 is 1.29 bits per heavy atom. The van der Waals surface area contributed by atoms with Gasteiger partial charge in [-0.05, 0) is 37.1 Å². The lowest BCUT2D eigenvalue weighted by Gasteiger charge is -2.13. The maximum Gasteiger partial charge on any atom is 0.241 e. The van der Waals surface area contributed by atoms with Crippen molar-refractivity contribution in [3.8, 4) is 0 Å². The fraction of sp³-hybridized carbons (Fsp3) is 0.308. The highest BCUT2D eigenvalue weighted by Crippen LogP contribution is 2.23. The van der Waals surface area contributed by atoms with Crippen LogP contribution in [-0.4, -0.2) is 19.9 Å². The molecule has 2 rings (SSSR count). The minimum Gasteiger partial charge on any atom is -0.324 e. The van der Waals surface area contributed by atoms with Crippen LogP contribution in [0.3, 0.4) is 0 Å². The SMILES string of the molecule is Cc1cc(NN)cc(C)c1S(=O)(=O)NCCc1cscn1. The number of anilines is 1. The lowest BCUT2D eigenvalue weighted by molar-refractivity contribution is 0.580. The standard InChI is InChI=1S/C13H18N4O2S2/c1-9-5-12(17-14)6-10(2)13(9)21(18,19)16-4-3-11-7-20-8-15-11/h5-8,16-17H,3-4,14H2,1-2H3. The normalized spacial score (nSPS) is 11.6. The smallest absolute Gasteiger partial charge is 0.241 e. The summed E-state index contributed by atoms with van der Waals surface area (Å²) in [4.78, 5) is 4.43. The number of sulfonamides is 1. The van der Waals surface area contributed by atoms with Crippen molar-refractivity contribution in [3.63, 3.8) is 0 Å². The van der Waals surface area contributed by atoms with Crippen LogP contribution in [0.15, 0.2) is 27.9 Å². The Hall–Kier alpha value is -1.48. The van der Waals surface area contributed by atoms with Gasteiger partial charge in [-0.15, -0.1) is 11.3 Å². The van der Waals surface area contributed by atoms with Gasteiger partial charge in [0.05, 0.1) is 16.1 Å². The molecule has 0 aliphatic heterocycles. The molecule has 1 aromatic carbocycles. The Kier molecular flexibility index (Phi) is 4.94. The first-order chi connectivity index (χ1) is 9.94. The third-order valence-electron chi connectivity index (χ3n) is 3.05. The van der Waals surface area contributed by atoms with Crippen LogP contribution in [0.4, 0.5) is 5.69 Å². The maximum atomic E-state index is 12.4. The first kappa shape index (κ1) is 15.9. The average Bonchev–Trinajstić information content (AvgIpc) is 2.90. The Morgan fingerprint density at radius 2 is 1.95 bits per heavy atom. The largest absolute Gasteiger partial charge is 0.324 e. The summed E-state index contributed by atoms with van der Waals surface area (Å²) in [7, 11) is -3.54. The van der Waals surface area contributed by atoms with Gasteiger partial charge in [-0.3, -0.25) is 5.84 Å². The van der Waals surface area contributed by atoms with E-state index in [4.69, 9.17) is 5.84 Å². The highest BCUT2D eigenvalue weighted by atomic mass is 32.2. The minimum absolute atomic E-state index is 0.305. The molecule has 2 aromatic rings. The second-order valence-corrected chi connectivity index (χ2v) is 7.13. The molecule has 114 valence electrons. The number of hydrogen-bond donors (Lipinski definition) is 3. The van der Waals surface area contributed by atoms with E-state index >= 15 is 0 Å². The molecule has 0 saturated carbocycles. The molecule has 0 saturated heterocycles. The number of thiazole rings is 1. The van der Waals surface area contributed by atoms with Crippen LogP contribution >= 0.6 is 11.3 Å². The third-order valence-corrected chi connectivity index (χ3v) is 5.45. The van der Waals surface area contributed by atoms with E-state index in [1.807, 2.05) is 5.38 Å². The molecular weight excluding hydrogens is 308 g/mol. The topological polar surface area (TPSA) is 97.1 Å². The molecule has 6 nitrogen and oxygen atoms in total. The molecule has 0 radical (unpaired) electrons. The molecule has 4 N–H and O–H groups in total. The number of rotatable bonds is 6. The van der Waals surface area contributed by atoms with E-state index in [0.717, 1.165) is 5.69 Å². The van der Waals surface area contributed by atoms with Gasteiger partial charge in [-0.25, -0.2) is 18.1 Å². The van der Waals surface area contributed by atoms with Crippen LogP contribution in [0.5, 0.6) is 0 Å². The van der Waals surface area contributed by atoms with Crippen molar-refractivity contribution in [1.29, 1.82) is 0 Å². The van der Waals surface area contributed by atoms with Crippen molar-refractivity contribution in [1.82, 2.24) is 9.71 Å². The van der Waals surface area contributed by atoms with Gasteiger partial charge in [0.25, 0.3) is 0 Å². The summed E-state index contributed by atoms with van der Waals surface area (Å²) in [5.41, 5.74) is 7.15. The molecule has 0 spiro atoms. The van der Waals surface area contributed by atoms with Gasteiger partial charge in [0.2, 0.25) is 10.0 Å². The molecule has 8 heteroatoms. The van der Waals surface area contributed by atoms with E-state index in [0.29, 0.717) is 34.7 Å². The van der Waals surface area contributed by atoms with Crippen molar-refractivity contribution in [3.05, 3.63) is 39.8 Å². The van der Waals surface area contributed by atoms with Crippen LogP contribution in [0.25, 0.3) is 0 Å². The van der Waals surface area contributed by atoms with Crippen LogP contribution < -0.4 is 16.0 Å². The van der Waals surface area contributed by atoms with Crippen LogP contribution in [0, 0.1) is 13.8 Å². The number of benzene rings is 1. The quantitative estimate of drug-likeness (QED) is 0.553. The van der Waals surface area contributed by atoms with Gasteiger partial charge in [0.1, 0.15) is 0 Å². The second-order valence-electron chi connectivity index (χ2n) is 4.71. The van der Waals surface area contributed by atoms with E-state index in [1.54, 1.807) is 31.5 Å². The highest BCUT2D eigenvalue weighted by molar-refractivity contribution is 7.89. The number of aryl methyl sites for hydroxylation is 2. The predicted molar refractivity (Wildman–Crippen MR) is 84.7 cm³/mol. The van der Waals surface area contributed by atoms with Crippen molar-refractivity contribution in [2.75, 3.05) is 12.0 Å². The lowest BCUT2D eigenvalue weighted by Crippen LogP contribution is -2.27. The van der Waals surface area contributed by atoms with Crippen molar-refractivity contribution < 1.29 is 8.42 Å². The molecule has 0 amide bonds. The summed E-state index contributed by atoms with van der Waals surface area (Å²) in [5.74, 6) is 5.36. The molecule has 21 heavy (non-hydrogen) atoms. The van der Waals surface area contributed by atoms with Gasteiger partial charge in [0, 0.05) is 24.0 Å². The first-order valence-corrected chi connectivity index (χ1v) is 8.81. The van der Waals surface area contributed by atoms with Crippen molar-refractivity contribution >= 4 is 27.0 Å². The van der Waals surface area contributed by atoms with E-state index in [2.05, 4.69) is 15.1 Å². The predicted octanol–water partition coefficient (Wildman–Crippen LogP) is 1.57. The summed E-state index contributed by atoms with van der Waals surface area (Å²) < 4.78 is 27.5. The number of nitrogens with one attached hydrogen (secondary N) is 2. The van der Waals surface area contributed by atoms with Crippen LogP contribution in [0.1, 0.15) is 16.8 Å². The number of hydrazine groups is 1. The van der Waals surface area contributed by atoms with Gasteiger partial charge in [-0.2, -0.15) is 0 Å². The summed E-state index contributed by atoms with van der Waals surface area (Å²) in [6, 6.07) is 3.42. The summed E-state index contributed by atoms with van der Waals surface area (Å²) in [5, 5.41) is 1.91. The summed E-state index contributed by atoms with van der Waals surface area (Å²) >= 11 is 1.50. The number of nitrogen functional groups attached to an aromatic ring is 1. The average molecular weight is 326 g/mol. The third kappa shape index (κ3) is 3.79. The second kappa shape index (κ2) is 6.52. The van der Waals surface area contributed by atoms with Crippen molar-refractivity contribution in [2.24, 2.45) is 5.84 Å². The Bertz CT molecular complexity index is 689. The number of aromatic nitrogens is 1. The molecule has 0 aliphatic rings. The van der Waals surface area contributed by atoms with Crippen molar-refractivity contribution in [2.45, 2.75) is 25.2 Å². The molecule has 0 aliphatic carbocycles. The summed E-state index contributed by atoms with van der Waals surface area (Å²) in [6.45, 7) is 3.83. The number of nitrogens with two attached hydrogens (primary N) is 1. The monoisotopic (exact) mass is 326 g/mol. The fourth-order valence-electron chi connectivity index (χ4n) is 2.20. The molecule has 0 fully saturated rings. The number of nitrogens with zero attached hydrogens (tertiary/aromatic N) is 1. The molecule has 0 unspecified atom stereocenters. The fourth-order valence-corrected chi connectivity index (χ4v) is 4.28. The van der Waals surface area contributed by atoms with E-state index in [9.17, 15) is 8.42 Å². The molecular formula is C13H18N4O2S2. The zero-order valence-electron chi connectivity index (χ0n) is 11.9. The van der Waals surface area contributed by atoms with Crippen LogP contribution in [0.2, 0.25) is 0 Å². The number of hydrogen-bond acceptors (Lipinski definition) is 6. The van der Waals surface area contributed by atoms with Gasteiger partial charge >= 0.3 is 0 Å². The minimum atomic E-state index is -3.54. The van der Waals surface area contributed by atoms with Gasteiger partial charge in [-0.1, -0.05) is 0 Å². The summed E-state index contributed by atoms with van der Waals surface area (Å²) in [6.07, 6.45) is 0.573. The maximum absolute atomic E-state index is 12.4. The van der Waals surface area contributed by atoms with E-state index in [-0.39, 0.29) is 0 Å². The zero-order valence-corrected chi connectivity index (χ0v) is 13.5. The zero-order chi connectivity index (χ0) is 15.5. The molecule has 1 heterocycles.